The smallest absolute Gasteiger partial charge is 0.282 e. The highest BCUT2D eigenvalue weighted by molar-refractivity contribution is 7.87. The van der Waals surface area contributed by atoms with Gasteiger partial charge in [0.25, 0.3) is 30.4 Å². The van der Waals surface area contributed by atoms with Crippen molar-refractivity contribution in [1.29, 1.82) is 0 Å². The van der Waals surface area contributed by atoms with Crippen LogP contribution in [0.5, 0.6) is 0 Å². The molecule has 0 fully saturated rings. The second-order valence-corrected chi connectivity index (χ2v) is 8.40. The summed E-state index contributed by atoms with van der Waals surface area (Å²) in [5.74, 6) is 0. The fraction of sp³-hybridized carbons (Fsp3) is 0. The molecule has 0 spiro atoms. The topological polar surface area (TPSA) is 163 Å². The van der Waals surface area contributed by atoms with Crippen LogP contribution in [0.15, 0.2) is 45.0 Å². The highest BCUT2D eigenvalue weighted by atomic mass is 32.2. The van der Waals surface area contributed by atoms with Crippen LogP contribution >= 0.6 is 0 Å². The van der Waals surface area contributed by atoms with E-state index in [1.165, 1.54) is 0 Å². The van der Waals surface area contributed by atoms with Crippen molar-refractivity contribution in [2.75, 3.05) is 0 Å². The monoisotopic (exact) mass is 368 g/mol. The molecule has 0 heterocycles. The maximum Gasteiger partial charge on any atom is 0.295 e. The van der Waals surface area contributed by atoms with Crippen LogP contribution in [0.2, 0.25) is 0 Å². The number of fused-ring (bicyclic) bond motifs is 1. The minimum absolute atomic E-state index is 0.343. The van der Waals surface area contributed by atoms with E-state index < -0.39 is 50.4 Å². The van der Waals surface area contributed by atoms with E-state index in [-0.39, 0.29) is 5.39 Å². The number of benzene rings is 2. The molecule has 0 radical (unpaired) electrons. The summed E-state index contributed by atoms with van der Waals surface area (Å²) in [6, 6.07) is 4.23. The Morgan fingerprint density at radius 1 is 0.636 bits per heavy atom. The summed E-state index contributed by atoms with van der Waals surface area (Å²) in [5, 5.41) is -0.835. The predicted molar refractivity (Wildman–Crippen MR) is 73.4 cm³/mol. The summed E-state index contributed by atoms with van der Waals surface area (Å²) in [6.45, 7) is 0. The molecule has 2 aromatic rings. The number of rotatable bonds is 3. The third-order valence-corrected chi connectivity index (χ3v) is 5.38. The lowest BCUT2D eigenvalue weighted by Crippen LogP contribution is -2.06. The zero-order valence-corrected chi connectivity index (χ0v) is 12.9. The Bertz CT molecular complexity index is 1080. The van der Waals surface area contributed by atoms with Gasteiger partial charge in [0.15, 0.2) is 0 Å². The van der Waals surface area contributed by atoms with Gasteiger partial charge in [0.2, 0.25) is 0 Å². The normalized spacial score (nSPS) is 13.4. The number of hydrogen-bond donors (Lipinski definition) is 3. The Hall–Kier alpha value is -1.57. The maximum absolute atomic E-state index is 11.4. The molecule has 9 nitrogen and oxygen atoms in total. The Morgan fingerprint density at radius 2 is 1.18 bits per heavy atom. The van der Waals surface area contributed by atoms with E-state index in [9.17, 15) is 25.3 Å². The molecule has 0 aromatic heterocycles. The summed E-state index contributed by atoms with van der Waals surface area (Å²) in [4.78, 5) is -2.66. The second kappa shape index (κ2) is 4.97. The molecule has 0 unspecified atom stereocenters. The van der Waals surface area contributed by atoms with E-state index in [1.807, 2.05) is 0 Å². The number of hydrogen-bond acceptors (Lipinski definition) is 6. The molecular formula is C10H8O9S3. The van der Waals surface area contributed by atoms with Crippen molar-refractivity contribution in [2.45, 2.75) is 14.7 Å². The van der Waals surface area contributed by atoms with Crippen molar-refractivity contribution >= 4 is 41.1 Å². The molecule has 2 aromatic carbocycles. The van der Waals surface area contributed by atoms with Crippen LogP contribution in [0.25, 0.3) is 10.8 Å². The second-order valence-electron chi connectivity index (χ2n) is 4.20. The quantitative estimate of drug-likeness (QED) is 0.657. The first-order valence-corrected chi connectivity index (χ1v) is 9.63. The van der Waals surface area contributed by atoms with Crippen LogP contribution in [0.1, 0.15) is 0 Å². The lowest BCUT2D eigenvalue weighted by Gasteiger charge is -2.09. The van der Waals surface area contributed by atoms with Gasteiger partial charge in [-0.15, -0.1) is 0 Å². The summed E-state index contributed by atoms with van der Waals surface area (Å²) < 4.78 is 95.0. The Balaban J connectivity index is 3.17. The van der Waals surface area contributed by atoms with Crippen molar-refractivity contribution in [3.05, 3.63) is 30.3 Å². The van der Waals surface area contributed by atoms with E-state index in [0.717, 1.165) is 18.2 Å². The summed E-state index contributed by atoms with van der Waals surface area (Å²) in [5.41, 5.74) is 0. The van der Waals surface area contributed by atoms with Gasteiger partial charge in [0.05, 0.1) is 4.90 Å². The Morgan fingerprint density at radius 3 is 1.64 bits per heavy atom. The van der Waals surface area contributed by atoms with E-state index >= 15 is 0 Å². The van der Waals surface area contributed by atoms with Crippen LogP contribution in [-0.2, 0) is 30.4 Å². The van der Waals surface area contributed by atoms with Crippen molar-refractivity contribution in [3.63, 3.8) is 0 Å². The van der Waals surface area contributed by atoms with Gasteiger partial charge in [-0.25, -0.2) is 0 Å². The van der Waals surface area contributed by atoms with E-state index in [4.69, 9.17) is 13.7 Å². The molecule has 0 amide bonds. The molecule has 12 heteroatoms. The highest BCUT2D eigenvalue weighted by Crippen LogP contribution is 2.31. The van der Waals surface area contributed by atoms with Gasteiger partial charge in [-0.2, -0.15) is 25.3 Å². The van der Waals surface area contributed by atoms with Crippen molar-refractivity contribution in [1.82, 2.24) is 0 Å². The average Bonchev–Trinajstić information content (AvgIpc) is 2.33. The SMILES string of the molecule is O=S(=O)(O)c1cc(S(=O)(=O)O)c2cccc(S(=O)(=O)O)c2c1. The third kappa shape index (κ3) is 3.11. The third-order valence-electron chi connectivity index (χ3n) is 2.75. The summed E-state index contributed by atoms with van der Waals surface area (Å²) in [6.07, 6.45) is 0. The van der Waals surface area contributed by atoms with Crippen molar-refractivity contribution in [3.8, 4) is 0 Å². The molecule has 0 atom stereocenters. The molecule has 0 saturated heterocycles. The maximum atomic E-state index is 11.4. The minimum Gasteiger partial charge on any atom is -0.282 e. The lowest BCUT2D eigenvalue weighted by molar-refractivity contribution is 0.478. The van der Waals surface area contributed by atoms with Crippen LogP contribution in [-0.4, -0.2) is 38.9 Å². The summed E-state index contributed by atoms with van der Waals surface area (Å²) in [7, 11) is -14.6. The van der Waals surface area contributed by atoms with Gasteiger partial charge >= 0.3 is 0 Å². The molecule has 2 rings (SSSR count). The van der Waals surface area contributed by atoms with Gasteiger partial charge in [-0.3, -0.25) is 13.7 Å². The lowest BCUT2D eigenvalue weighted by atomic mass is 10.1. The van der Waals surface area contributed by atoms with E-state index in [0.29, 0.717) is 12.1 Å². The van der Waals surface area contributed by atoms with Gasteiger partial charge in [0, 0.05) is 10.8 Å². The molecule has 0 saturated carbocycles. The first-order valence-electron chi connectivity index (χ1n) is 5.31. The van der Waals surface area contributed by atoms with Crippen molar-refractivity contribution in [2.24, 2.45) is 0 Å². The van der Waals surface area contributed by atoms with Crippen LogP contribution in [0.3, 0.4) is 0 Å². The highest BCUT2D eigenvalue weighted by Gasteiger charge is 2.24. The van der Waals surface area contributed by atoms with Crippen LogP contribution < -0.4 is 0 Å². The van der Waals surface area contributed by atoms with Crippen LogP contribution in [0.4, 0.5) is 0 Å². The molecule has 0 aliphatic rings. The molecular weight excluding hydrogens is 360 g/mol. The zero-order valence-electron chi connectivity index (χ0n) is 10.4. The largest absolute Gasteiger partial charge is 0.295 e. The molecule has 120 valence electrons. The first kappa shape index (κ1) is 16.8. The standard InChI is InChI=1S/C10H8O9S3/c11-20(12,13)6-4-8-7(10(5-6)22(17,18)19)2-1-3-9(8)21(14,15)16/h1-5H,(H,11,12,13)(H,14,15,16)(H,17,18,19). The van der Waals surface area contributed by atoms with Crippen molar-refractivity contribution < 1.29 is 38.9 Å². The van der Waals surface area contributed by atoms with Gasteiger partial charge in [0.1, 0.15) is 9.79 Å². The Kier molecular flexibility index (Phi) is 3.80. The van der Waals surface area contributed by atoms with E-state index in [1.54, 1.807) is 0 Å². The zero-order chi connectivity index (χ0) is 16.9. The van der Waals surface area contributed by atoms with Gasteiger partial charge < -0.3 is 0 Å². The summed E-state index contributed by atoms with van der Waals surface area (Å²) >= 11 is 0. The fourth-order valence-electron chi connectivity index (χ4n) is 1.89. The van der Waals surface area contributed by atoms with Crippen LogP contribution in [0, 0.1) is 0 Å². The molecule has 3 N–H and O–H groups in total. The predicted octanol–water partition coefficient (Wildman–Crippen LogP) is 0.580. The molecule has 0 aliphatic carbocycles. The molecule has 0 aliphatic heterocycles. The van der Waals surface area contributed by atoms with Gasteiger partial charge in [-0.05, 0) is 18.2 Å². The van der Waals surface area contributed by atoms with Gasteiger partial charge in [-0.1, -0.05) is 12.1 Å². The Labute approximate surface area is 125 Å². The molecule has 0 bridgehead atoms. The fourth-order valence-corrected chi connectivity index (χ4v) is 3.92. The average molecular weight is 368 g/mol. The first-order chi connectivity index (χ1) is 9.82. The van der Waals surface area contributed by atoms with E-state index in [2.05, 4.69) is 0 Å². The minimum atomic E-state index is -4.93. The molecule has 22 heavy (non-hydrogen) atoms.